The van der Waals surface area contributed by atoms with Gasteiger partial charge in [-0.15, -0.1) is 6.42 Å². The Balaban J connectivity index is 2.90. The molecule has 2 heterocycles. The molecule has 2 aromatic heterocycles. The van der Waals surface area contributed by atoms with Gasteiger partial charge >= 0.3 is 0 Å². The summed E-state index contributed by atoms with van der Waals surface area (Å²) in [6.07, 6.45) is 9.31. The van der Waals surface area contributed by atoms with Crippen molar-refractivity contribution in [2.24, 2.45) is 7.05 Å². The third kappa shape index (κ3) is 1.41. The fraction of sp³-hybridized carbons (Fsp3) is 0.308. The van der Waals surface area contributed by atoms with Crippen molar-refractivity contribution >= 4 is 11.0 Å². The Morgan fingerprint density at radius 1 is 1.47 bits per heavy atom. The summed E-state index contributed by atoms with van der Waals surface area (Å²) in [7, 11) is 2.02. The highest BCUT2D eigenvalue weighted by Gasteiger charge is 2.13. The molecule has 0 bridgehead atoms. The van der Waals surface area contributed by atoms with Gasteiger partial charge in [-0.05, 0) is 17.5 Å². The van der Waals surface area contributed by atoms with Gasteiger partial charge in [0.1, 0.15) is 0 Å². The molecule has 0 saturated heterocycles. The average molecular weight is 198 g/mol. The van der Waals surface area contributed by atoms with Crippen molar-refractivity contribution in [2.45, 2.75) is 19.8 Å². The number of nitrogens with zero attached hydrogens (tertiary/aromatic N) is 2. The van der Waals surface area contributed by atoms with Crippen LogP contribution in [0.1, 0.15) is 30.9 Å². The Hall–Kier alpha value is -1.75. The van der Waals surface area contributed by atoms with Crippen LogP contribution in [-0.4, -0.2) is 9.55 Å². The van der Waals surface area contributed by atoms with Crippen molar-refractivity contribution in [3.05, 3.63) is 29.6 Å². The van der Waals surface area contributed by atoms with E-state index in [1.54, 1.807) is 6.20 Å². The summed E-state index contributed by atoms with van der Waals surface area (Å²) in [5.41, 5.74) is 4.29. The lowest BCUT2D eigenvalue weighted by atomic mass is 9.98. The number of aryl methyl sites for hydroxylation is 1. The van der Waals surface area contributed by atoms with Gasteiger partial charge in [0.05, 0.1) is 11.0 Å². The topological polar surface area (TPSA) is 17.8 Å². The van der Waals surface area contributed by atoms with Crippen molar-refractivity contribution in [3.63, 3.8) is 0 Å². The van der Waals surface area contributed by atoms with Crippen molar-refractivity contribution in [1.29, 1.82) is 0 Å². The summed E-state index contributed by atoms with van der Waals surface area (Å²) in [5, 5.41) is 0. The minimum atomic E-state index is 0.412. The maximum atomic E-state index is 5.50. The molecule has 2 rings (SSSR count). The zero-order chi connectivity index (χ0) is 11.0. The summed E-state index contributed by atoms with van der Waals surface area (Å²) in [4.78, 5) is 4.35. The van der Waals surface area contributed by atoms with Gasteiger partial charge < -0.3 is 4.57 Å². The molecular weight excluding hydrogens is 184 g/mol. The van der Waals surface area contributed by atoms with E-state index in [0.29, 0.717) is 5.92 Å². The molecule has 76 valence electrons. The predicted octanol–water partition coefficient (Wildman–Crippen LogP) is 2.68. The van der Waals surface area contributed by atoms with Gasteiger partial charge in [0.2, 0.25) is 0 Å². The molecule has 0 spiro atoms. The first-order chi connectivity index (χ1) is 7.15. The molecule has 0 radical (unpaired) electrons. The first-order valence-corrected chi connectivity index (χ1v) is 5.05. The van der Waals surface area contributed by atoms with Gasteiger partial charge in [0, 0.05) is 25.0 Å². The van der Waals surface area contributed by atoms with Crippen LogP contribution in [0.4, 0.5) is 0 Å². The normalized spacial score (nSPS) is 10.9. The maximum Gasteiger partial charge on any atom is 0.0884 e. The molecule has 0 fully saturated rings. The molecular formula is C13H14N2. The van der Waals surface area contributed by atoms with Crippen molar-refractivity contribution < 1.29 is 0 Å². The molecule has 0 saturated carbocycles. The number of terminal acetylenes is 1. The van der Waals surface area contributed by atoms with Crippen molar-refractivity contribution in [3.8, 4) is 12.3 Å². The van der Waals surface area contributed by atoms with Crippen LogP contribution in [0.2, 0.25) is 0 Å². The molecule has 0 aliphatic heterocycles. The van der Waals surface area contributed by atoms with E-state index in [1.807, 2.05) is 19.3 Å². The van der Waals surface area contributed by atoms with Crippen LogP contribution < -0.4 is 0 Å². The summed E-state index contributed by atoms with van der Waals surface area (Å²) >= 11 is 0. The van der Waals surface area contributed by atoms with E-state index in [1.165, 1.54) is 5.56 Å². The quantitative estimate of drug-likeness (QED) is 0.644. The van der Waals surface area contributed by atoms with Gasteiger partial charge in [-0.25, -0.2) is 0 Å². The van der Waals surface area contributed by atoms with Crippen LogP contribution in [0.5, 0.6) is 0 Å². The largest absolute Gasteiger partial charge is 0.349 e. The van der Waals surface area contributed by atoms with Gasteiger partial charge in [0.15, 0.2) is 0 Å². The predicted molar refractivity (Wildman–Crippen MR) is 62.7 cm³/mol. The van der Waals surface area contributed by atoms with E-state index in [9.17, 15) is 0 Å². The number of hydrogen-bond donors (Lipinski definition) is 0. The maximum absolute atomic E-state index is 5.50. The lowest BCUT2D eigenvalue weighted by molar-refractivity contribution is 0.851. The summed E-state index contributed by atoms with van der Waals surface area (Å²) in [6.45, 7) is 4.31. The van der Waals surface area contributed by atoms with Crippen molar-refractivity contribution in [2.75, 3.05) is 0 Å². The average Bonchev–Trinajstić information content (AvgIpc) is 2.59. The molecule has 0 aromatic carbocycles. The van der Waals surface area contributed by atoms with Gasteiger partial charge in [-0.1, -0.05) is 19.8 Å². The number of aromatic nitrogens is 2. The van der Waals surface area contributed by atoms with E-state index in [-0.39, 0.29) is 0 Å². The highest BCUT2D eigenvalue weighted by molar-refractivity contribution is 5.82. The summed E-state index contributed by atoms with van der Waals surface area (Å²) in [6, 6.07) is 2.02. The van der Waals surface area contributed by atoms with Gasteiger partial charge in [-0.2, -0.15) is 0 Å². The van der Waals surface area contributed by atoms with Crippen LogP contribution in [0, 0.1) is 12.3 Å². The molecule has 2 heteroatoms. The second-order valence-electron chi connectivity index (χ2n) is 4.05. The van der Waals surface area contributed by atoms with Crippen LogP contribution in [0.15, 0.2) is 18.5 Å². The molecule has 2 nitrogen and oxygen atoms in total. The van der Waals surface area contributed by atoms with Crippen LogP contribution in [0.3, 0.4) is 0 Å². The third-order valence-electron chi connectivity index (χ3n) is 2.66. The number of hydrogen-bond acceptors (Lipinski definition) is 1. The van der Waals surface area contributed by atoms with E-state index >= 15 is 0 Å². The molecule has 0 aliphatic rings. The molecule has 2 aromatic rings. The van der Waals surface area contributed by atoms with Crippen LogP contribution in [0.25, 0.3) is 11.0 Å². The minimum Gasteiger partial charge on any atom is -0.349 e. The second-order valence-corrected chi connectivity index (χ2v) is 4.05. The second kappa shape index (κ2) is 3.43. The molecule has 0 unspecified atom stereocenters. The van der Waals surface area contributed by atoms with Crippen LogP contribution >= 0.6 is 0 Å². The Labute approximate surface area is 89.9 Å². The zero-order valence-corrected chi connectivity index (χ0v) is 9.28. The van der Waals surface area contributed by atoms with E-state index in [2.05, 4.69) is 29.3 Å². The number of fused-ring (bicyclic) bond motifs is 1. The Morgan fingerprint density at radius 2 is 2.20 bits per heavy atom. The van der Waals surface area contributed by atoms with Gasteiger partial charge in [0.25, 0.3) is 0 Å². The number of rotatable bonds is 1. The highest BCUT2D eigenvalue weighted by Crippen LogP contribution is 2.27. The first kappa shape index (κ1) is 9.79. The van der Waals surface area contributed by atoms with E-state index in [4.69, 9.17) is 6.42 Å². The molecule has 0 aliphatic carbocycles. The van der Waals surface area contributed by atoms with Gasteiger partial charge in [-0.3, -0.25) is 4.98 Å². The molecule has 15 heavy (non-hydrogen) atoms. The smallest absolute Gasteiger partial charge is 0.0884 e. The van der Waals surface area contributed by atoms with Crippen LogP contribution in [-0.2, 0) is 7.05 Å². The first-order valence-electron chi connectivity index (χ1n) is 5.05. The lowest BCUT2D eigenvalue weighted by Gasteiger charge is -2.11. The Morgan fingerprint density at radius 3 is 2.80 bits per heavy atom. The fourth-order valence-electron chi connectivity index (χ4n) is 1.98. The fourth-order valence-corrected chi connectivity index (χ4v) is 1.98. The molecule has 0 amide bonds. The SMILES string of the molecule is C#Cc1cnc2ccn(C)c2c1C(C)C. The number of pyridine rings is 1. The van der Waals surface area contributed by atoms with E-state index < -0.39 is 0 Å². The zero-order valence-electron chi connectivity index (χ0n) is 9.28. The summed E-state index contributed by atoms with van der Waals surface area (Å²) in [5.74, 6) is 3.12. The molecule has 0 N–H and O–H groups in total. The van der Waals surface area contributed by atoms with E-state index in [0.717, 1.165) is 16.6 Å². The standard InChI is InChI=1S/C13H14N2/c1-5-10-8-14-11-6-7-15(4)13(11)12(10)9(2)3/h1,6-9H,2-4H3. The minimum absolute atomic E-state index is 0.412. The van der Waals surface area contributed by atoms with Crippen molar-refractivity contribution in [1.82, 2.24) is 9.55 Å². The highest BCUT2D eigenvalue weighted by atomic mass is 14.9. The molecule has 0 atom stereocenters. The lowest BCUT2D eigenvalue weighted by Crippen LogP contribution is -1.99. The Bertz CT molecular complexity index is 541. The Kier molecular flexibility index (Phi) is 2.24. The summed E-state index contributed by atoms with van der Waals surface area (Å²) < 4.78 is 2.08. The third-order valence-corrected chi connectivity index (χ3v) is 2.66. The monoisotopic (exact) mass is 198 g/mol.